The van der Waals surface area contributed by atoms with E-state index in [1.54, 1.807) is 16.8 Å². The van der Waals surface area contributed by atoms with Gasteiger partial charge in [0.1, 0.15) is 0 Å². The topological polar surface area (TPSA) is 63.9 Å². The molecule has 0 aliphatic rings. The van der Waals surface area contributed by atoms with Crippen LogP contribution in [0.1, 0.15) is 27.7 Å². The number of hydrogen-bond donors (Lipinski definition) is 0. The van der Waals surface area contributed by atoms with Gasteiger partial charge >= 0.3 is 0 Å². The SMILES string of the molecule is CC(C)N(C(=O)CSc1nnnn1-c1ccc(Cl)cc1)C(C)C. The highest BCUT2D eigenvalue weighted by Gasteiger charge is 2.21. The molecule has 2 rings (SSSR count). The van der Waals surface area contributed by atoms with Crippen molar-refractivity contribution in [3.05, 3.63) is 29.3 Å². The van der Waals surface area contributed by atoms with Crippen molar-refractivity contribution in [3.63, 3.8) is 0 Å². The van der Waals surface area contributed by atoms with Gasteiger partial charge in [-0.25, -0.2) is 0 Å². The first-order valence-corrected chi connectivity index (χ1v) is 8.74. The Morgan fingerprint density at radius 1 is 1.22 bits per heavy atom. The van der Waals surface area contributed by atoms with Crippen molar-refractivity contribution in [2.45, 2.75) is 44.9 Å². The molecule has 0 radical (unpaired) electrons. The molecule has 8 heteroatoms. The number of nitrogens with zero attached hydrogens (tertiary/aromatic N) is 5. The molecule has 0 aliphatic heterocycles. The van der Waals surface area contributed by atoms with E-state index in [4.69, 9.17) is 11.6 Å². The fraction of sp³-hybridized carbons (Fsp3) is 0.467. The molecule has 0 bridgehead atoms. The lowest BCUT2D eigenvalue weighted by Crippen LogP contribution is -2.43. The molecule has 23 heavy (non-hydrogen) atoms. The minimum Gasteiger partial charge on any atom is -0.337 e. The maximum Gasteiger partial charge on any atom is 0.233 e. The Labute approximate surface area is 145 Å². The summed E-state index contributed by atoms with van der Waals surface area (Å²) >= 11 is 7.22. The Bertz CT molecular complexity index is 648. The summed E-state index contributed by atoms with van der Waals surface area (Å²) in [6.45, 7) is 8.06. The van der Waals surface area contributed by atoms with E-state index >= 15 is 0 Å². The molecule has 1 amide bonds. The largest absolute Gasteiger partial charge is 0.337 e. The maximum atomic E-state index is 12.4. The highest BCUT2D eigenvalue weighted by Crippen LogP contribution is 2.20. The van der Waals surface area contributed by atoms with Crippen molar-refractivity contribution in [2.24, 2.45) is 0 Å². The zero-order valence-corrected chi connectivity index (χ0v) is 15.2. The summed E-state index contributed by atoms with van der Waals surface area (Å²) in [5.74, 6) is 0.371. The number of rotatable bonds is 6. The fourth-order valence-electron chi connectivity index (χ4n) is 2.39. The summed E-state index contributed by atoms with van der Waals surface area (Å²) in [6.07, 6.45) is 0. The van der Waals surface area contributed by atoms with Crippen LogP contribution < -0.4 is 0 Å². The molecular weight excluding hydrogens is 334 g/mol. The summed E-state index contributed by atoms with van der Waals surface area (Å²) in [6, 6.07) is 7.54. The van der Waals surface area contributed by atoms with Crippen LogP contribution >= 0.6 is 23.4 Å². The van der Waals surface area contributed by atoms with Gasteiger partial charge in [0, 0.05) is 17.1 Å². The van der Waals surface area contributed by atoms with Gasteiger partial charge in [-0.3, -0.25) is 4.79 Å². The van der Waals surface area contributed by atoms with E-state index in [1.807, 2.05) is 44.7 Å². The number of carbonyl (C=O) groups is 1. The molecule has 1 heterocycles. The van der Waals surface area contributed by atoms with Crippen LogP contribution in [0.15, 0.2) is 29.4 Å². The lowest BCUT2D eigenvalue weighted by molar-refractivity contribution is -0.131. The molecule has 0 saturated carbocycles. The van der Waals surface area contributed by atoms with E-state index < -0.39 is 0 Å². The van der Waals surface area contributed by atoms with Crippen molar-refractivity contribution in [2.75, 3.05) is 5.75 Å². The molecule has 124 valence electrons. The molecule has 1 aromatic heterocycles. The van der Waals surface area contributed by atoms with Crippen LogP contribution in [0.5, 0.6) is 0 Å². The summed E-state index contributed by atoms with van der Waals surface area (Å²) < 4.78 is 1.60. The highest BCUT2D eigenvalue weighted by molar-refractivity contribution is 7.99. The monoisotopic (exact) mass is 353 g/mol. The number of thioether (sulfide) groups is 1. The lowest BCUT2D eigenvalue weighted by Gasteiger charge is -2.30. The Kier molecular flexibility index (Phi) is 6.01. The number of halogens is 1. The first kappa shape index (κ1) is 17.7. The normalized spacial score (nSPS) is 11.3. The summed E-state index contributed by atoms with van der Waals surface area (Å²) in [4.78, 5) is 14.3. The predicted molar refractivity (Wildman–Crippen MR) is 92.0 cm³/mol. The molecule has 0 unspecified atom stereocenters. The van der Waals surface area contributed by atoms with Crippen molar-refractivity contribution >= 4 is 29.3 Å². The van der Waals surface area contributed by atoms with Gasteiger partial charge in [-0.1, -0.05) is 23.4 Å². The Morgan fingerprint density at radius 3 is 2.39 bits per heavy atom. The Morgan fingerprint density at radius 2 is 1.83 bits per heavy atom. The van der Waals surface area contributed by atoms with Gasteiger partial charge in [0.15, 0.2) is 0 Å². The second-order valence-electron chi connectivity index (χ2n) is 5.63. The molecule has 2 aromatic rings. The lowest BCUT2D eigenvalue weighted by atomic mass is 10.2. The van der Waals surface area contributed by atoms with E-state index in [2.05, 4.69) is 15.5 Å². The predicted octanol–water partition coefficient (Wildman–Crippen LogP) is 3.05. The van der Waals surface area contributed by atoms with E-state index in [0.29, 0.717) is 15.9 Å². The van der Waals surface area contributed by atoms with Crippen LogP contribution in [0.25, 0.3) is 5.69 Å². The van der Waals surface area contributed by atoms with Crippen LogP contribution in [0.4, 0.5) is 0 Å². The molecule has 0 saturated heterocycles. The maximum absolute atomic E-state index is 12.4. The number of tetrazole rings is 1. The van der Waals surface area contributed by atoms with Crippen LogP contribution in [-0.4, -0.2) is 48.9 Å². The van der Waals surface area contributed by atoms with Crippen molar-refractivity contribution in [1.82, 2.24) is 25.1 Å². The van der Waals surface area contributed by atoms with E-state index in [0.717, 1.165) is 5.69 Å². The summed E-state index contributed by atoms with van der Waals surface area (Å²) in [5, 5.41) is 12.9. The van der Waals surface area contributed by atoms with Gasteiger partial charge < -0.3 is 4.90 Å². The summed E-state index contributed by atoms with van der Waals surface area (Å²) in [5.41, 5.74) is 0.805. The molecular formula is C15H20ClN5OS. The first-order valence-electron chi connectivity index (χ1n) is 7.38. The van der Waals surface area contributed by atoms with Gasteiger partial charge in [0.25, 0.3) is 0 Å². The average Bonchev–Trinajstić information content (AvgIpc) is 2.93. The molecule has 6 nitrogen and oxygen atoms in total. The number of hydrogen-bond acceptors (Lipinski definition) is 5. The number of aromatic nitrogens is 4. The molecule has 0 atom stereocenters. The first-order chi connectivity index (χ1) is 10.9. The molecule has 0 spiro atoms. The molecule has 0 aliphatic carbocycles. The van der Waals surface area contributed by atoms with Crippen LogP contribution in [0.2, 0.25) is 5.02 Å². The third-order valence-corrected chi connectivity index (χ3v) is 4.39. The zero-order chi connectivity index (χ0) is 17.0. The quantitative estimate of drug-likeness (QED) is 0.747. The van der Waals surface area contributed by atoms with E-state index in [1.165, 1.54) is 11.8 Å². The third-order valence-electron chi connectivity index (χ3n) is 3.24. The van der Waals surface area contributed by atoms with Crippen LogP contribution in [0.3, 0.4) is 0 Å². The van der Waals surface area contributed by atoms with E-state index in [9.17, 15) is 4.79 Å². The van der Waals surface area contributed by atoms with E-state index in [-0.39, 0.29) is 18.0 Å². The van der Waals surface area contributed by atoms with Crippen molar-refractivity contribution < 1.29 is 4.79 Å². The van der Waals surface area contributed by atoms with Crippen molar-refractivity contribution in [3.8, 4) is 5.69 Å². The summed E-state index contributed by atoms with van der Waals surface area (Å²) in [7, 11) is 0. The van der Waals surface area contributed by atoms with Crippen LogP contribution in [-0.2, 0) is 4.79 Å². The van der Waals surface area contributed by atoms with Gasteiger partial charge in [0.2, 0.25) is 11.1 Å². The second-order valence-corrected chi connectivity index (χ2v) is 7.01. The smallest absolute Gasteiger partial charge is 0.233 e. The van der Waals surface area contributed by atoms with Gasteiger partial charge in [-0.2, -0.15) is 4.68 Å². The van der Waals surface area contributed by atoms with Crippen LogP contribution in [0, 0.1) is 0 Å². The molecule has 0 N–H and O–H groups in total. The standard InChI is InChI=1S/C15H20ClN5OS/c1-10(2)20(11(3)4)14(22)9-23-15-17-18-19-21(15)13-7-5-12(16)6-8-13/h5-8,10-11H,9H2,1-4H3. The minimum atomic E-state index is 0.0747. The number of amides is 1. The second kappa shape index (κ2) is 7.79. The molecule has 1 aromatic carbocycles. The average molecular weight is 354 g/mol. The zero-order valence-electron chi connectivity index (χ0n) is 13.6. The number of carbonyl (C=O) groups excluding carboxylic acids is 1. The molecule has 0 fully saturated rings. The van der Waals surface area contributed by atoms with Gasteiger partial charge in [-0.05, 0) is 62.4 Å². The fourth-order valence-corrected chi connectivity index (χ4v) is 3.27. The minimum absolute atomic E-state index is 0.0747. The Balaban J connectivity index is 2.09. The number of benzene rings is 1. The highest BCUT2D eigenvalue weighted by atomic mass is 35.5. The van der Waals surface area contributed by atoms with Crippen molar-refractivity contribution in [1.29, 1.82) is 0 Å². The van der Waals surface area contributed by atoms with Gasteiger partial charge in [0.05, 0.1) is 11.4 Å². The Hall–Kier alpha value is -1.60. The van der Waals surface area contributed by atoms with Gasteiger partial charge in [-0.15, -0.1) is 5.10 Å². The third kappa shape index (κ3) is 4.45.